The summed E-state index contributed by atoms with van der Waals surface area (Å²) in [7, 11) is -4.23. The molecule has 85 heavy (non-hydrogen) atoms. The van der Waals surface area contributed by atoms with E-state index in [1.54, 1.807) is 48.8 Å². The van der Waals surface area contributed by atoms with Crippen molar-refractivity contribution in [3.05, 3.63) is 254 Å². The van der Waals surface area contributed by atoms with Gasteiger partial charge in [-0.15, -0.1) is 0 Å². The van der Waals surface area contributed by atoms with Crippen LogP contribution in [0.3, 0.4) is 0 Å². The third kappa shape index (κ3) is 11.1. The van der Waals surface area contributed by atoms with E-state index < -0.39 is 29.6 Å². The second-order valence-electron chi connectivity index (χ2n) is 20.2. The highest BCUT2D eigenvalue weighted by Gasteiger charge is 2.38. The average molecular weight is 1210 g/mol. The standard InChI is InChI=1S/C66H44B2Cl4N8O4S/c1-41-17-14-15-26-48(41)64-62-61(65(49(37-73)59-39-75-55-33-51(69)53(71)35-57(55)77-59)80(64)68(45-22-10-4-11-23-45)46-24-12-5-13-25-46)63(42-27-29-47(30-28-42)84-31-16-32-85(81,82)83)79(67(43-18-6-2-7-19-43)44-20-8-3-9-21-44)66(62)50(38-74)60-40-76-56-34-52(70)54(72)36-58(56)78-60/h2-15,17-30,33-36,39-40H,16,31-32H2,1H3,(H,81,82,83)/b65-49-,66-50-. The molecule has 0 atom stereocenters. The van der Waals surface area contributed by atoms with Gasteiger partial charge in [-0.2, -0.15) is 18.9 Å². The summed E-state index contributed by atoms with van der Waals surface area (Å²) >= 11 is 26.6. The first kappa shape index (κ1) is 56.5. The Morgan fingerprint density at radius 2 is 0.929 bits per heavy atom. The Kier molecular flexibility index (Phi) is 15.9. The highest BCUT2D eigenvalue weighted by Crippen LogP contribution is 2.38. The topological polar surface area (TPSA) is 173 Å². The molecule has 0 saturated carbocycles. The summed E-state index contributed by atoms with van der Waals surface area (Å²) in [5.74, 6) is -0.0533. The van der Waals surface area contributed by atoms with E-state index in [-0.39, 0.29) is 45.6 Å². The van der Waals surface area contributed by atoms with Gasteiger partial charge in [0.05, 0.1) is 77.6 Å². The van der Waals surface area contributed by atoms with Crippen molar-refractivity contribution in [2.75, 3.05) is 12.4 Å². The lowest BCUT2D eigenvalue weighted by Crippen LogP contribution is -2.54. The van der Waals surface area contributed by atoms with Crippen LogP contribution in [-0.4, -0.2) is 67.9 Å². The highest BCUT2D eigenvalue weighted by atomic mass is 35.5. The fourth-order valence-electron chi connectivity index (χ4n) is 11.2. The van der Waals surface area contributed by atoms with E-state index in [4.69, 9.17) is 71.1 Å². The van der Waals surface area contributed by atoms with Gasteiger partial charge in [0.25, 0.3) is 10.1 Å². The zero-order valence-electron chi connectivity index (χ0n) is 45.1. The number of nitriles is 2. The van der Waals surface area contributed by atoms with Crippen LogP contribution >= 0.6 is 46.4 Å². The van der Waals surface area contributed by atoms with Crippen LogP contribution in [-0.2, 0) is 10.1 Å². The van der Waals surface area contributed by atoms with E-state index >= 15 is 0 Å². The maximum absolute atomic E-state index is 12.3. The summed E-state index contributed by atoms with van der Waals surface area (Å²) in [6.07, 6.45) is 3.18. The lowest BCUT2D eigenvalue weighted by atomic mass is 9.50. The third-order valence-electron chi connectivity index (χ3n) is 14.9. The minimum absolute atomic E-state index is 0.00343. The highest BCUT2D eigenvalue weighted by molar-refractivity contribution is 7.85. The van der Waals surface area contributed by atoms with Crippen molar-refractivity contribution in [2.24, 2.45) is 0 Å². The van der Waals surface area contributed by atoms with Gasteiger partial charge in [0.1, 0.15) is 40.4 Å². The summed E-state index contributed by atoms with van der Waals surface area (Å²) in [5.41, 5.74) is 9.44. The zero-order chi connectivity index (χ0) is 58.9. The molecule has 1 N–H and O–H groups in total. The van der Waals surface area contributed by atoms with Crippen LogP contribution in [0.5, 0.6) is 5.75 Å². The van der Waals surface area contributed by atoms with Crippen molar-refractivity contribution in [2.45, 2.75) is 13.3 Å². The number of fused-ring (bicyclic) bond motifs is 3. The smallest absolute Gasteiger partial charge is 0.328 e. The molecule has 0 bridgehead atoms. The molecule has 8 aromatic carbocycles. The molecule has 0 aliphatic heterocycles. The number of hydrogen-bond acceptors (Lipinski definition) is 9. The maximum Gasteiger partial charge on any atom is 0.328 e. The van der Waals surface area contributed by atoms with Crippen LogP contribution in [0.15, 0.2) is 207 Å². The molecule has 0 spiro atoms. The summed E-state index contributed by atoms with van der Waals surface area (Å²) in [4.78, 5) is 20.1. The van der Waals surface area contributed by atoms with E-state index in [9.17, 15) is 23.5 Å². The predicted molar refractivity (Wildman–Crippen MR) is 343 cm³/mol. The first-order chi connectivity index (χ1) is 41.3. The zero-order valence-corrected chi connectivity index (χ0v) is 48.9. The Bertz CT molecular complexity index is 4720. The van der Waals surface area contributed by atoms with Gasteiger partial charge in [-0.05, 0) is 73.0 Å². The number of aromatic nitrogens is 6. The minimum atomic E-state index is -4.23. The van der Waals surface area contributed by atoms with Gasteiger partial charge in [-0.25, -0.2) is 9.97 Å². The van der Waals surface area contributed by atoms with Crippen molar-refractivity contribution in [3.63, 3.8) is 0 Å². The number of rotatable bonds is 15. The Balaban J connectivity index is 1.40. The van der Waals surface area contributed by atoms with Gasteiger partial charge in [0.15, 0.2) is 0 Å². The van der Waals surface area contributed by atoms with Crippen molar-refractivity contribution >= 4 is 136 Å². The summed E-state index contributed by atoms with van der Waals surface area (Å²) in [6.45, 7) is 0.660. The molecule has 0 fully saturated rings. The lowest BCUT2D eigenvalue weighted by Gasteiger charge is -2.25. The number of ether oxygens (including phenoxy) is 1. The SMILES string of the molecule is Cc1ccccc1-c1c2/c(=C(\C#N)c3cnc4cc(Cl)c(Cl)cc4n3)n(B(c3ccccc3)c3ccccc3)c(-c3ccc(OCCCS(=O)(=O)O)cc3)c2/c(=C(\C#N)c2cnc3cc(Cl)c(Cl)cc3n2)n1B(c1ccccc1)c1ccccc1. The van der Waals surface area contributed by atoms with Crippen LogP contribution in [0.1, 0.15) is 23.4 Å². The van der Waals surface area contributed by atoms with Gasteiger partial charge in [-0.1, -0.05) is 214 Å². The number of hydrogen-bond donors (Lipinski definition) is 1. The average Bonchev–Trinajstić information content (AvgIpc) is 1.60. The first-order valence-corrected chi connectivity index (χ1v) is 30.0. The maximum atomic E-state index is 12.3. The van der Waals surface area contributed by atoms with Crippen LogP contribution in [0.25, 0.3) is 66.5 Å². The molecule has 412 valence electrons. The van der Waals surface area contributed by atoms with E-state index in [1.165, 1.54) is 0 Å². The minimum Gasteiger partial charge on any atom is -0.494 e. The molecule has 0 aliphatic carbocycles. The number of halogens is 4. The van der Waals surface area contributed by atoms with E-state index in [0.717, 1.165) is 33.0 Å². The summed E-state index contributed by atoms with van der Waals surface area (Å²) in [5, 5.41) is 27.8. The Morgan fingerprint density at radius 3 is 1.34 bits per heavy atom. The van der Waals surface area contributed by atoms with Crippen molar-refractivity contribution in [1.82, 2.24) is 28.9 Å². The van der Waals surface area contributed by atoms with Crippen molar-refractivity contribution < 1.29 is 17.7 Å². The molecule has 19 heteroatoms. The predicted octanol–water partition coefficient (Wildman–Crippen LogP) is 11.0. The Morgan fingerprint density at radius 1 is 0.541 bits per heavy atom. The second kappa shape index (κ2) is 23.9. The molecule has 0 saturated heterocycles. The second-order valence-corrected chi connectivity index (χ2v) is 23.4. The molecule has 0 amide bonds. The third-order valence-corrected chi connectivity index (χ3v) is 17.1. The normalized spacial score (nSPS) is 12.2. The molecule has 0 aliphatic rings. The Labute approximate surface area is 510 Å². The number of aryl methyl sites for hydroxylation is 1. The monoisotopic (exact) mass is 1210 g/mol. The van der Waals surface area contributed by atoms with Gasteiger partial charge >= 0.3 is 13.7 Å². The molecular formula is C66H44B2Cl4N8O4S. The van der Waals surface area contributed by atoms with Crippen LogP contribution in [0.2, 0.25) is 20.1 Å². The van der Waals surface area contributed by atoms with E-state index in [1.807, 2.05) is 134 Å². The molecule has 12 nitrogen and oxygen atoms in total. The van der Waals surface area contributed by atoms with E-state index in [0.29, 0.717) is 76.3 Å². The largest absolute Gasteiger partial charge is 0.494 e. The van der Waals surface area contributed by atoms with Crippen molar-refractivity contribution in [1.29, 1.82) is 10.5 Å². The van der Waals surface area contributed by atoms with Gasteiger partial charge in [0.2, 0.25) is 0 Å². The molecule has 4 aromatic heterocycles. The van der Waals surface area contributed by atoms with Crippen LogP contribution < -0.4 is 37.3 Å². The fraction of sp³-hybridized carbons (Fsp3) is 0.0606. The fourth-order valence-corrected chi connectivity index (χ4v) is 12.3. The summed E-state index contributed by atoms with van der Waals surface area (Å²) in [6, 6.07) is 67.4. The number of nitrogens with zero attached hydrogens (tertiary/aromatic N) is 8. The van der Waals surface area contributed by atoms with Gasteiger partial charge in [0, 0.05) is 27.7 Å². The Hall–Kier alpha value is -9.02. The van der Waals surface area contributed by atoms with Gasteiger partial charge < -0.3 is 13.7 Å². The quantitative estimate of drug-likeness (QED) is 0.0591. The molecule has 12 aromatic rings. The molecular weight excluding hydrogens is 1160 g/mol. The van der Waals surface area contributed by atoms with Crippen LogP contribution in [0.4, 0.5) is 0 Å². The van der Waals surface area contributed by atoms with Crippen LogP contribution in [0, 0.1) is 29.6 Å². The molecule has 0 radical (unpaired) electrons. The first-order valence-electron chi connectivity index (χ1n) is 26.9. The summed E-state index contributed by atoms with van der Waals surface area (Å²) < 4.78 is 43.5. The lowest BCUT2D eigenvalue weighted by molar-refractivity contribution is 0.316. The molecule has 0 unspecified atom stereocenters. The van der Waals surface area contributed by atoms with Crippen molar-refractivity contribution in [3.8, 4) is 40.4 Å². The molecule has 4 heterocycles. The molecule has 12 rings (SSSR count). The van der Waals surface area contributed by atoms with E-state index in [2.05, 4.69) is 51.4 Å². The number of benzene rings is 8. The van der Waals surface area contributed by atoms with Gasteiger partial charge in [-0.3, -0.25) is 14.5 Å².